The Balaban J connectivity index is 1.98. The summed E-state index contributed by atoms with van der Waals surface area (Å²) >= 11 is 0. The normalized spacial score (nSPS) is 31.9. The molecule has 3 atom stereocenters. The van der Waals surface area contributed by atoms with Crippen molar-refractivity contribution in [3.05, 3.63) is 0 Å². The Morgan fingerprint density at radius 3 is 2.61 bits per heavy atom. The molecule has 0 spiro atoms. The van der Waals surface area contributed by atoms with Gasteiger partial charge in [0.2, 0.25) is 0 Å². The second-order valence-corrected chi connectivity index (χ2v) is 6.54. The number of hydrogen-bond donors (Lipinski definition) is 0. The van der Waals surface area contributed by atoms with Gasteiger partial charge in [0.25, 0.3) is 0 Å². The summed E-state index contributed by atoms with van der Waals surface area (Å²) < 4.78 is 5.40. The maximum absolute atomic E-state index is 12.0. The van der Waals surface area contributed by atoms with E-state index in [1.807, 2.05) is 20.8 Å². The molecule has 2 rings (SSSR count). The molecular formula is C14H23NO3. The Bertz CT molecular complexity index is 334. The highest BCUT2D eigenvalue weighted by molar-refractivity contribution is 5.69. The SMILES string of the molecule is CC(C)(C)OC(=O)N1CC2CCCC(C=O)C2C1. The van der Waals surface area contributed by atoms with Crippen LogP contribution in [0.5, 0.6) is 0 Å². The molecule has 1 amide bonds. The van der Waals surface area contributed by atoms with Crippen LogP contribution in [0.3, 0.4) is 0 Å². The maximum atomic E-state index is 12.0. The zero-order chi connectivity index (χ0) is 13.3. The summed E-state index contributed by atoms with van der Waals surface area (Å²) in [6.45, 7) is 7.07. The second-order valence-electron chi connectivity index (χ2n) is 6.54. The first-order chi connectivity index (χ1) is 8.40. The molecular weight excluding hydrogens is 230 g/mol. The lowest BCUT2D eigenvalue weighted by atomic mass is 9.75. The second kappa shape index (κ2) is 4.90. The highest BCUT2D eigenvalue weighted by atomic mass is 16.6. The van der Waals surface area contributed by atoms with Crippen LogP contribution < -0.4 is 0 Å². The van der Waals surface area contributed by atoms with Gasteiger partial charge in [0, 0.05) is 19.0 Å². The van der Waals surface area contributed by atoms with E-state index in [0.717, 1.165) is 32.1 Å². The smallest absolute Gasteiger partial charge is 0.410 e. The standard InChI is InChI=1S/C14H23NO3/c1-14(2,3)18-13(17)15-7-10-5-4-6-11(9-16)12(10)8-15/h9-12H,4-8H2,1-3H3. The third-order valence-electron chi connectivity index (χ3n) is 3.98. The molecule has 0 bridgehead atoms. The van der Waals surface area contributed by atoms with Crippen molar-refractivity contribution in [2.24, 2.45) is 17.8 Å². The van der Waals surface area contributed by atoms with Gasteiger partial charge in [-0.3, -0.25) is 0 Å². The Hall–Kier alpha value is -1.06. The Labute approximate surface area is 109 Å². The predicted molar refractivity (Wildman–Crippen MR) is 68.2 cm³/mol. The number of carbonyl (C=O) groups is 2. The molecule has 4 nitrogen and oxygen atoms in total. The van der Waals surface area contributed by atoms with E-state index in [-0.39, 0.29) is 12.0 Å². The van der Waals surface area contributed by atoms with Crippen molar-refractivity contribution in [1.82, 2.24) is 4.90 Å². The molecule has 1 aliphatic carbocycles. The zero-order valence-corrected chi connectivity index (χ0v) is 11.5. The number of nitrogens with zero attached hydrogens (tertiary/aromatic N) is 1. The summed E-state index contributed by atoms with van der Waals surface area (Å²) in [6.07, 6.45) is 4.06. The lowest BCUT2D eigenvalue weighted by Crippen LogP contribution is -2.35. The van der Waals surface area contributed by atoms with E-state index in [1.165, 1.54) is 0 Å². The van der Waals surface area contributed by atoms with Gasteiger partial charge in [-0.2, -0.15) is 0 Å². The van der Waals surface area contributed by atoms with E-state index in [9.17, 15) is 9.59 Å². The third-order valence-corrected chi connectivity index (χ3v) is 3.98. The van der Waals surface area contributed by atoms with Crippen molar-refractivity contribution in [2.45, 2.75) is 45.6 Å². The molecule has 0 N–H and O–H groups in total. The van der Waals surface area contributed by atoms with Crippen LogP contribution in [0, 0.1) is 17.8 Å². The number of fused-ring (bicyclic) bond motifs is 1. The van der Waals surface area contributed by atoms with Crippen LogP contribution in [0.2, 0.25) is 0 Å². The van der Waals surface area contributed by atoms with Gasteiger partial charge in [-0.15, -0.1) is 0 Å². The molecule has 1 saturated carbocycles. The first-order valence-corrected chi connectivity index (χ1v) is 6.84. The van der Waals surface area contributed by atoms with Gasteiger partial charge in [-0.05, 0) is 45.4 Å². The fraction of sp³-hybridized carbons (Fsp3) is 0.857. The minimum absolute atomic E-state index is 0.135. The molecule has 2 fully saturated rings. The molecule has 18 heavy (non-hydrogen) atoms. The molecule has 2 aliphatic rings. The topological polar surface area (TPSA) is 46.6 Å². The van der Waals surface area contributed by atoms with Crippen LogP contribution in [-0.2, 0) is 9.53 Å². The lowest BCUT2D eigenvalue weighted by molar-refractivity contribution is -0.113. The van der Waals surface area contributed by atoms with Gasteiger partial charge in [0.15, 0.2) is 0 Å². The highest BCUT2D eigenvalue weighted by Gasteiger charge is 2.42. The number of amides is 1. The van der Waals surface area contributed by atoms with Crippen molar-refractivity contribution in [1.29, 1.82) is 0 Å². The summed E-state index contributed by atoms with van der Waals surface area (Å²) in [7, 11) is 0. The van der Waals surface area contributed by atoms with Gasteiger partial charge < -0.3 is 14.4 Å². The summed E-state index contributed by atoms with van der Waals surface area (Å²) in [6, 6.07) is 0. The first kappa shape index (κ1) is 13.4. The molecule has 1 saturated heterocycles. The van der Waals surface area contributed by atoms with E-state index < -0.39 is 5.60 Å². The summed E-state index contributed by atoms with van der Waals surface area (Å²) in [5.41, 5.74) is -0.449. The van der Waals surface area contributed by atoms with E-state index in [0.29, 0.717) is 18.4 Å². The number of ether oxygens (including phenoxy) is 1. The first-order valence-electron chi connectivity index (χ1n) is 6.84. The molecule has 102 valence electrons. The number of rotatable bonds is 1. The monoisotopic (exact) mass is 253 g/mol. The molecule has 0 aromatic carbocycles. The van der Waals surface area contributed by atoms with Crippen LogP contribution in [0.25, 0.3) is 0 Å². The average Bonchev–Trinajstić information content (AvgIpc) is 2.70. The number of likely N-dealkylation sites (tertiary alicyclic amines) is 1. The number of aldehydes is 1. The van der Waals surface area contributed by atoms with Crippen molar-refractivity contribution in [3.63, 3.8) is 0 Å². The Morgan fingerprint density at radius 1 is 1.28 bits per heavy atom. The van der Waals surface area contributed by atoms with Crippen LogP contribution in [0.4, 0.5) is 4.79 Å². The summed E-state index contributed by atoms with van der Waals surface area (Å²) in [4.78, 5) is 24.9. The van der Waals surface area contributed by atoms with Gasteiger partial charge in [0.1, 0.15) is 11.9 Å². The summed E-state index contributed by atoms with van der Waals surface area (Å²) in [5.74, 6) is 0.974. The van der Waals surface area contributed by atoms with Crippen molar-refractivity contribution >= 4 is 12.4 Å². The molecule has 4 heteroatoms. The van der Waals surface area contributed by atoms with E-state index >= 15 is 0 Å². The van der Waals surface area contributed by atoms with Gasteiger partial charge in [-0.1, -0.05) is 6.42 Å². The van der Waals surface area contributed by atoms with Gasteiger partial charge in [-0.25, -0.2) is 4.79 Å². The molecule has 0 aromatic rings. The Kier molecular flexibility index (Phi) is 3.64. The zero-order valence-electron chi connectivity index (χ0n) is 11.5. The summed E-state index contributed by atoms with van der Waals surface area (Å²) in [5, 5.41) is 0. The van der Waals surface area contributed by atoms with Crippen LogP contribution in [-0.4, -0.2) is 36.0 Å². The highest BCUT2D eigenvalue weighted by Crippen LogP contribution is 2.39. The fourth-order valence-electron chi connectivity index (χ4n) is 3.16. The minimum atomic E-state index is -0.449. The average molecular weight is 253 g/mol. The van der Waals surface area contributed by atoms with Gasteiger partial charge in [0.05, 0.1) is 0 Å². The molecule has 0 radical (unpaired) electrons. The van der Waals surface area contributed by atoms with E-state index in [2.05, 4.69) is 0 Å². The third kappa shape index (κ3) is 2.85. The number of hydrogen-bond acceptors (Lipinski definition) is 3. The predicted octanol–water partition coefficient (Wildman–Crippen LogP) is 2.47. The fourth-order valence-corrected chi connectivity index (χ4v) is 3.16. The van der Waals surface area contributed by atoms with Crippen molar-refractivity contribution in [2.75, 3.05) is 13.1 Å². The maximum Gasteiger partial charge on any atom is 0.410 e. The molecule has 3 unspecified atom stereocenters. The number of carbonyl (C=O) groups excluding carboxylic acids is 2. The largest absolute Gasteiger partial charge is 0.444 e. The van der Waals surface area contributed by atoms with Gasteiger partial charge >= 0.3 is 6.09 Å². The van der Waals surface area contributed by atoms with Crippen molar-refractivity contribution < 1.29 is 14.3 Å². The Morgan fingerprint density at radius 2 is 2.00 bits per heavy atom. The van der Waals surface area contributed by atoms with E-state index in [4.69, 9.17) is 4.74 Å². The van der Waals surface area contributed by atoms with Crippen LogP contribution in [0.1, 0.15) is 40.0 Å². The molecule has 0 aromatic heterocycles. The van der Waals surface area contributed by atoms with Crippen LogP contribution >= 0.6 is 0 Å². The minimum Gasteiger partial charge on any atom is -0.444 e. The van der Waals surface area contributed by atoms with Crippen LogP contribution in [0.15, 0.2) is 0 Å². The quantitative estimate of drug-likeness (QED) is 0.674. The molecule has 1 aliphatic heterocycles. The van der Waals surface area contributed by atoms with Crippen molar-refractivity contribution in [3.8, 4) is 0 Å². The lowest BCUT2D eigenvalue weighted by Gasteiger charge is -2.28. The molecule has 1 heterocycles. The van der Waals surface area contributed by atoms with E-state index in [1.54, 1.807) is 4.90 Å².